The number of carbonyl (C=O) groups is 2. The van der Waals surface area contributed by atoms with Gasteiger partial charge in [0.25, 0.3) is 11.6 Å². The lowest BCUT2D eigenvalue weighted by atomic mass is 10.2. The molecular formula is C16H12Cl2N2O5. The summed E-state index contributed by atoms with van der Waals surface area (Å²) in [6.45, 7) is -0.509. The number of nitrogens with one attached hydrogen (secondary N) is 1. The van der Waals surface area contributed by atoms with E-state index in [4.69, 9.17) is 27.9 Å². The Morgan fingerprint density at radius 2 is 1.92 bits per heavy atom. The van der Waals surface area contributed by atoms with E-state index in [1.165, 1.54) is 36.4 Å². The van der Waals surface area contributed by atoms with E-state index in [2.05, 4.69) is 5.32 Å². The molecular weight excluding hydrogens is 371 g/mol. The normalized spacial score (nSPS) is 10.2. The van der Waals surface area contributed by atoms with Crippen LogP contribution in [-0.4, -0.2) is 23.3 Å². The Bertz CT molecular complexity index is 826. The van der Waals surface area contributed by atoms with Gasteiger partial charge in [0.15, 0.2) is 0 Å². The first kappa shape index (κ1) is 18.7. The molecule has 1 amide bonds. The van der Waals surface area contributed by atoms with Gasteiger partial charge in [0.1, 0.15) is 13.2 Å². The van der Waals surface area contributed by atoms with Crippen molar-refractivity contribution in [1.29, 1.82) is 0 Å². The van der Waals surface area contributed by atoms with Crippen molar-refractivity contribution < 1.29 is 19.2 Å². The van der Waals surface area contributed by atoms with E-state index in [9.17, 15) is 19.7 Å². The van der Waals surface area contributed by atoms with Gasteiger partial charge in [-0.3, -0.25) is 19.7 Å². The molecule has 0 atom stereocenters. The molecule has 0 heterocycles. The quantitative estimate of drug-likeness (QED) is 0.469. The highest BCUT2D eigenvalue weighted by Gasteiger charge is 2.13. The van der Waals surface area contributed by atoms with E-state index in [0.717, 1.165) is 0 Å². The lowest BCUT2D eigenvalue weighted by molar-refractivity contribution is -0.384. The summed E-state index contributed by atoms with van der Waals surface area (Å²) >= 11 is 11.7. The number of benzene rings is 2. The average Bonchev–Trinajstić information content (AvgIpc) is 2.58. The van der Waals surface area contributed by atoms with E-state index in [1.807, 2.05) is 0 Å². The number of esters is 1. The van der Waals surface area contributed by atoms with Crippen molar-refractivity contribution in [2.45, 2.75) is 6.61 Å². The molecule has 25 heavy (non-hydrogen) atoms. The third-order valence-corrected chi connectivity index (χ3v) is 3.64. The van der Waals surface area contributed by atoms with E-state index < -0.39 is 16.8 Å². The molecule has 0 spiro atoms. The molecule has 0 saturated heterocycles. The van der Waals surface area contributed by atoms with Crippen molar-refractivity contribution in [1.82, 2.24) is 5.32 Å². The molecule has 2 aromatic rings. The molecule has 1 N–H and O–H groups in total. The summed E-state index contributed by atoms with van der Waals surface area (Å²) in [5, 5.41) is 13.6. The predicted octanol–water partition coefficient (Wildman–Crippen LogP) is 3.37. The van der Waals surface area contributed by atoms with Crippen molar-refractivity contribution in [3.05, 3.63) is 73.8 Å². The number of nitro benzene ring substituents is 1. The highest BCUT2D eigenvalue weighted by molar-refractivity contribution is 6.36. The van der Waals surface area contributed by atoms with Gasteiger partial charge in [-0.2, -0.15) is 0 Å². The maximum atomic E-state index is 12.0. The standard InChI is InChI=1S/C16H12Cl2N2O5/c17-11-4-5-13(14(18)7-11)16(22)19-8-15(21)25-9-10-2-1-3-12(6-10)20(23)24/h1-7H,8-9H2,(H,19,22). The van der Waals surface area contributed by atoms with Crippen LogP contribution < -0.4 is 5.32 Å². The maximum absolute atomic E-state index is 12.0. The lowest BCUT2D eigenvalue weighted by Gasteiger charge is -2.08. The molecule has 0 aliphatic rings. The first-order chi connectivity index (χ1) is 11.9. The predicted molar refractivity (Wildman–Crippen MR) is 91.7 cm³/mol. The molecule has 2 rings (SSSR count). The molecule has 9 heteroatoms. The van der Waals surface area contributed by atoms with Gasteiger partial charge < -0.3 is 10.1 Å². The lowest BCUT2D eigenvalue weighted by Crippen LogP contribution is -2.30. The molecule has 0 unspecified atom stereocenters. The number of ether oxygens (including phenoxy) is 1. The van der Waals surface area contributed by atoms with Crippen molar-refractivity contribution in [3.63, 3.8) is 0 Å². The summed E-state index contributed by atoms with van der Waals surface area (Å²) in [7, 11) is 0. The fraction of sp³-hybridized carbons (Fsp3) is 0.125. The van der Waals surface area contributed by atoms with Gasteiger partial charge in [-0.05, 0) is 23.8 Å². The average molecular weight is 383 g/mol. The second kappa shape index (κ2) is 8.46. The second-order valence-electron chi connectivity index (χ2n) is 4.89. The summed E-state index contributed by atoms with van der Waals surface area (Å²) < 4.78 is 4.97. The Hall–Kier alpha value is -2.64. The second-order valence-corrected chi connectivity index (χ2v) is 5.74. The Morgan fingerprint density at radius 1 is 1.16 bits per heavy atom. The van der Waals surface area contributed by atoms with Crippen molar-refractivity contribution in [2.75, 3.05) is 6.54 Å². The number of amides is 1. The first-order valence-electron chi connectivity index (χ1n) is 6.99. The Kier molecular flexibility index (Phi) is 6.32. The van der Waals surface area contributed by atoms with Gasteiger partial charge >= 0.3 is 5.97 Å². The van der Waals surface area contributed by atoms with Gasteiger partial charge in [0.05, 0.1) is 15.5 Å². The first-order valence-corrected chi connectivity index (χ1v) is 7.74. The smallest absolute Gasteiger partial charge is 0.325 e. The van der Waals surface area contributed by atoms with Crippen LogP contribution >= 0.6 is 23.2 Å². The summed E-state index contributed by atoms with van der Waals surface area (Å²) in [6.07, 6.45) is 0. The van der Waals surface area contributed by atoms with Gasteiger partial charge in [0, 0.05) is 17.2 Å². The van der Waals surface area contributed by atoms with Crippen molar-refractivity contribution in [3.8, 4) is 0 Å². The number of hydrogen-bond acceptors (Lipinski definition) is 5. The molecule has 0 radical (unpaired) electrons. The molecule has 130 valence electrons. The van der Waals surface area contributed by atoms with Crippen LogP contribution in [0, 0.1) is 10.1 Å². The highest BCUT2D eigenvalue weighted by Crippen LogP contribution is 2.20. The summed E-state index contributed by atoms with van der Waals surface area (Å²) in [4.78, 5) is 33.8. The van der Waals surface area contributed by atoms with Crippen LogP contribution in [0.15, 0.2) is 42.5 Å². The van der Waals surface area contributed by atoms with E-state index >= 15 is 0 Å². The van der Waals surface area contributed by atoms with Crippen molar-refractivity contribution in [2.24, 2.45) is 0 Å². The van der Waals surface area contributed by atoms with Crippen LogP contribution in [-0.2, 0) is 16.1 Å². The zero-order valence-electron chi connectivity index (χ0n) is 12.7. The summed E-state index contributed by atoms with van der Waals surface area (Å²) in [5.41, 5.74) is 0.548. The van der Waals surface area contributed by atoms with E-state index in [0.29, 0.717) is 10.6 Å². The van der Waals surface area contributed by atoms with E-state index in [-0.39, 0.29) is 29.4 Å². The molecule has 0 aliphatic carbocycles. The third kappa shape index (κ3) is 5.44. The number of nitrogens with zero attached hydrogens (tertiary/aromatic N) is 1. The monoisotopic (exact) mass is 382 g/mol. The molecule has 0 aliphatic heterocycles. The number of hydrogen-bond donors (Lipinski definition) is 1. The Morgan fingerprint density at radius 3 is 2.60 bits per heavy atom. The fourth-order valence-corrected chi connectivity index (χ4v) is 2.39. The van der Waals surface area contributed by atoms with Crippen LogP contribution in [0.5, 0.6) is 0 Å². The zero-order valence-corrected chi connectivity index (χ0v) is 14.2. The van der Waals surface area contributed by atoms with Crippen LogP contribution in [0.2, 0.25) is 10.0 Å². The van der Waals surface area contributed by atoms with Gasteiger partial charge in [0.2, 0.25) is 0 Å². The van der Waals surface area contributed by atoms with Gasteiger partial charge in [-0.15, -0.1) is 0 Å². The highest BCUT2D eigenvalue weighted by atomic mass is 35.5. The Labute approximate surface area is 152 Å². The van der Waals surface area contributed by atoms with Crippen LogP contribution in [0.3, 0.4) is 0 Å². The SMILES string of the molecule is O=C(CNC(=O)c1ccc(Cl)cc1Cl)OCc1cccc([N+](=O)[O-])c1. The van der Waals surface area contributed by atoms with Crippen LogP contribution in [0.25, 0.3) is 0 Å². The largest absolute Gasteiger partial charge is 0.459 e. The molecule has 0 fully saturated rings. The number of carbonyl (C=O) groups excluding carboxylic acids is 2. The van der Waals surface area contributed by atoms with Crippen LogP contribution in [0.1, 0.15) is 15.9 Å². The number of rotatable bonds is 6. The van der Waals surface area contributed by atoms with Gasteiger partial charge in [-0.1, -0.05) is 35.3 Å². The minimum Gasteiger partial charge on any atom is -0.459 e. The molecule has 7 nitrogen and oxygen atoms in total. The third-order valence-electron chi connectivity index (χ3n) is 3.09. The topological polar surface area (TPSA) is 98.5 Å². The summed E-state index contributed by atoms with van der Waals surface area (Å²) in [5.74, 6) is -1.24. The number of non-ortho nitro benzene ring substituents is 1. The van der Waals surface area contributed by atoms with E-state index in [1.54, 1.807) is 6.07 Å². The van der Waals surface area contributed by atoms with Gasteiger partial charge in [-0.25, -0.2) is 0 Å². The maximum Gasteiger partial charge on any atom is 0.325 e. The minimum atomic E-state index is -0.690. The fourth-order valence-electron chi connectivity index (χ4n) is 1.90. The number of halogens is 2. The molecule has 0 bridgehead atoms. The molecule has 2 aromatic carbocycles. The minimum absolute atomic E-state index is 0.0979. The van der Waals surface area contributed by atoms with Crippen molar-refractivity contribution >= 4 is 40.8 Å². The Balaban J connectivity index is 1.85. The van der Waals surface area contributed by atoms with Crippen LogP contribution in [0.4, 0.5) is 5.69 Å². The summed E-state index contributed by atoms with van der Waals surface area (Å²) in [6, 6.07) is 10.1. The number of nitro groups is 1. The zero-order chi connectivity index (χ0) is 18.4. The molecule has 0 saturated carbocycles. The molecule has 0 aromatic heterocycles.